The summed E-state index contributed by atoms with van der Waals surface area (Å²) in [4.78, 5) is 12.0. The van der Waals surface area contributed by atoms with Crippen LogP contribution >= 0.6 is 0 Å². The molecule has 4 heteroatoms. The first-order valence-corrected chi connectivity index (χ1v) is 6.58. The molecule has 0 aliphatic rings. The van der Waals surface area contributed by atoms with Gasteiger partial charge in [0.1, 0.15) is 0 Å². The van der Waals surface area contributed by atoms with Crippen LogP contribution in [0.25, 0.3) is 6.08 Å². The van der Waals surface area contributed by atoms with Crippen LogP contribution in [0.5, 0.6) is 11.5 Å². The molecule has 2 rings (SSSR count). The Bertz CT molecular complexity index is 663. The number of rotatable bonds is 4. The Morgan fingerprint density at radius 2 is 1.81 bits per heavy atom. The van der Waals surface area contributed by atoms with Gasteiger partial charge in [-0.2, -0.15) is 0 Å². The van der Waals surface area contributed by atoms with Gasteiger partial charge in [0.05, 0.1) is 0 Å². The summed E-state index contributed by atoms with van der Waals surface area (Å²) in [5.41, 5.74) is 2.20. The third kappa shape index (κ3) is 4.11. The van der Waals surface area contributed by atoms with Gasteiger partial charge >= 0.3 is 0 Å². The number of carbonyl (C=O) groups excluding carboxylic acids is 1. The van der Waals surface area contributed by atoms with E-state index < -0.39 is 0 Å². The maximum Gasteiger partial charge on any atom is 0.247 e. The lowest BCUT2D eigenvalue weighted by Crippen LogP contribution is -2.23. The van der Waals surface area contributed by atoms with E-state index in [0.29, 0.717) is 17.7 Å². The van der Waals surface area contributed by atoms with Gasteiger partial charge in [-0.05, 0) is 36.3 Å². The minimum atomic E-state index is -0.207. The molecule has 21 heavy (non-hydrogen) atoms. The number of hydrogen-bond donors (Lipinski definition) is 3. The van der Waals surface area contributed by atoms with Crippen LogP contribution < -0.4 is 5.32 Å². The van der Waals surface area contributed by atoms with E-state index in [-0.39, 0.29) is 17.4 Å². The minimum absolute atomic E-state index is 0.175. The van der Waals surface area contributed by atoms with Crippen LogP contribution in [-0.2, 0) is 11.3 Å². The van der Waals surface area contributed by atoms with Gasteiger partial charge < -0.3 is 15.5 Å². The summed E-state index contributed by atoms with van der Waals surface area (Å²) in [6, 6.07) is 14.1. The quantitative estimate of drug-likeness (QED) is 0.597. The van der Waals surface area contributed by atoms with Crippen molar-refractivity contribution < 1.29 is 15.0 Å². The molecule has 0 aromatic heterocycles. The van der Waals surface area contributed by atoms with Gasteiger partial charge in [-0.25, -0.2) is 0 Å². The molecule has 0 atom stereocenters. The van der Waals surface area contributed by atoms with Crippen molar-refractivity contribution >= 4 is 12.0 Å². The number of aromatic hydroxyl groups is 2. The highest BCUT2D eigenvalue weighted by Gasteiger charge is 2.05. The lowest BCUT2D eigenvalue weighted by atomic mass is 10.1. The van der Waals surface area contributed by atoms with Gasteiger partial charge in [-0.15, -0.1) is 0 Å². The van der Waals surface area contributed by atoms with Crippen LogP contribution in [0.15, 0.2) is 54.1 Å². The normalized spacial score (nSPS) is 11.2. The Morgan fingerprint density at radius 1 is 1.10 bits per heavy atom. The van der Waals surface area contributed by atoms with E-state index >= 15 is 0 Å². The largest absolute Gasteiger partial charge is 0.504 e. The molecule has 0 bridgehead atoms. The fraction of sp³-hybridized carbons (Fsp3) is 0.118. The maximum atomic E-state index is 12.0. The van der Waals surface area contributed by atoms with Gasteiger partial charge in [-0.3, -0.25) is 4.79 Å². The Kier molecular flexibility index (Phi) is 4.61. The Hall–Kier alpha value is -2.75. The molecule has 0 spiro atoms. The number of carbonyl (C=O) groups is 1. The third-order valence-corrected chi connectivity index (χ3v) is 3.04. The summed E-state index contributed by atoms with van der Waals surface area (Å²) < 4.78 is 0. The van der Waals surface area contributed by atoms with Crippen molar-refractivity contribution in [3.63, 3.8) is 0 Å². The fourth-order valence-electron chi connectivity index (χ4n) is 1.86. The molecule has 3 N–H and O–H groups in total. The second-order valence-corrected chi connectivity index (χ2v) is 4.74. The van der Waals surface area contributed by atoms with E-state index in [9.17, 15) is 15.0 Å². The van der Waals surface area contributed by atoms with Crippen molar-refractivity contribution in [2.24, 2.45) is 0 Å². The van der Waals surface area contributed by atoms with Crippen molar-refractivity contribution in [1.82, 2.24) is 5.32 Å². The average Bonchev–Trinajstić information content (AvgIpc) is 2.49. The zero-order chi connectivity index (χ0) is 15.2. The van der Waals surface area contributed by atoms with Gasteiger partial charge in [-0.1, -0.05) is 36.4 Å². The fourth-order valence-corrected chi connectivity index (χ4v) is 1.86. The topological polar surface area (TPSA) is 69.6 Å². The first kappa shape index (κ1) is 14.7. The second kappa shape index (κ2) is 6.61. The van der Waals surface area contributed by atoms with E-state index in [1.165, 1.54) is 12.1 Å². The molecule has 2 aromatic carbocycles. The molecular weight excluding hydrogens is 266 g/mol. The molecule has 108 valence electrons. The van der Waals surface area contributed by atoms with Crippen LogP contribution in [0.4, 0.5) is 0 Å². The van der Waals surface area contributed by atoms with Crippen LogP contribution in [0.2, 0.25) is 0 Å². The van der Waals surface area contributed by atoms with Crippen LogP contribution in [0.3, 0.4) is 0 Å². The summed E-state index contributed by atoms with van der Waals surface area (Å²) >= 11 is 0. The van der Waals surface area contributed by atoms with Crippen molar-refractivity contribution in [1.29, 1.82) is 0 Å². The monoisotopic (exact) mass is 283 g/mol. The van der Waals surface area contributed by atoms with Gasteiger partial charge in [0.15, 0.2) is 11.5 Å². The number of nitrogens with one attached hydrogen (secondary N) is 1. The number of phenols is 2. The van der Waals surface area contributed by atoms with Crippen LogP contribution in [0, 0.1) is 0 Å². The summed E-state index contributed by atoms with van der Waals surface area (Å²) in [7, 11) is 0. The standard InChI is InChI=1S/C17H17NO3/c1-12(9-14-7-8-15(19)16(20)10-14)17(21)18-11-13-5-3-2-4-6-13/h2-10,19-20H,11H2,1H3,(H,18,21)/b12-9+. The van der Waals surface area contributed by atoms with Crippen LogP contribution in [-0.4, -0.2) is 16.1 Å². The Labute approximate surface area is 123 Å². The highest BCUT2D eigenvalue weighted by Crippen LogP contribution is 2.25. The van der Waals surface area contributed by atoms with E-state index in [0.717, 1.165) is 5.56 Å². The van der Waals surface area contributed by atoms with E-state index in [1.807, 2.05) is 30.3 Å². The summed E-state index contributed by atoms with van der Waals surface area (Å²) in [6.45, 7) is 2.16. The minimum Gasteiger partial charge on any atom is -0.504 e. The number of amides is 1. The SMILES string of the molecule is C/C(=C\c1ccc(O)c(O)c1)C(=O)NCc1ccccc1. The molecule has 0 fully saturated rings. The molecule has 0 saturated heterocycles. The Morgan fingerprint density at radius 3 is 2.48 bits per heavy atom. The molecule has 0 radical (unpaired) electrons. The molecule has 0 aliphatic heterocycles. The molecule has 1 amide bonds. The summed E-state index contributed by atoms with van der Waals surface area (Å²) in [6.07, 6.45) is 1.65. The smallest absolute Gasteiger partial charge is 0.247 e. The second-order valence-electron chi connectivity index (χ2n) is 4.74. The summed E-state index contributed by atoms with van der Waals surface area (Å²) in [5, 5.41) is 21.5. The molecule has 0 heterocycles. The van der Waals surface area contributed by atoms with Crippen molar-refractivity contribution in [3.8, 4) is 11.5 Å². The van der Waals surface area contributed by atoms with Gasteiger partial charge in [0.2, 0.25) is 5.91 Å². The zero-order valence-corrected chi connectivity index (χ0v) is 11.7. The Balaban J connectivity index is 2.01. The van der Waals surface area contributed by atoms with Crippen LogP contribution in [0.1, 0.15) is 18.1 Å². The molecule has 2 aromatic rings. The van der Waals surface area contributed by atoms with E-state index in [1.54, 1.807) is 19.1 Å². The molecular formula is C17H17NO3. The number of hydrogen-bond acceptors (Lipinski definition) is 3. The summed E-state index contributed by atoms with van der Waals surface area (Å²) in [5.74, 6) is -0.564. The zero-order valence-electron chi connectivity index (χ0n) is 11.7. The number of benzene rings is 2. The lowest BCUT2D eigenvalue weighted by Gasteiger charge is -2.06. The maximum absolute atomic E-state index is 12.0. The van der Waals surface area contributed by atoms with Crippen molar-refractivity contribution in [2.75, 3.05) is 0 Å². The molecule has 0 unspecified atom stereocenters. The van der Waals surface area contributed by atoms with E-state index in [2.05, 4.69) is 5.32 Å². The van der Waals surface area contributed by atoms with E-state index in [4.69, 9.17) is 0 Å². The highest BCUT2D eigenvalue weighted by molar-refractivity contribution is 5.97. The van der Waals surface area contributed by atoms with Crippen molar-refractivity contribution in [2.45, 2.75) is 13.5 Å². The average molecular weight is 283 g/mol. The first-order valence-electron chi connectivity index (χ1n) is 6.58. The van der Waals surface area contributed by atoms with Crippen molar-refractivity contribution in [3.05, 3.63) is 65.2 Å². The lowest BCUT2D eigenvalue weighted by molar-refractivity contribution is -0.117. The molecule has 0 saturated carbocycles. The first-order chi connectivity index (χ1) is 10.1. The number of phenolic OH excluding ortho intramolecular Hbond substituents is 2. The van der Waals surface area contributed by atoms with Gasteiger partial charge in [0, 0.05) is 12.1 Å². The molecule has 4 nitrogen and oxygen atoms in total. The predicted molar refractivity (Wildman–Crippen MR) is 81.7 cm³/mol. The highest BCUT2D eigenvalue weighted by atomic mass is 16.3. The third-order valence-electron chi connectivity index (χ3n) is 3.04. The predicted octanol–water partition coefficient (Wildman–Crippen LogP) is 2.82. The van der Waals surface area contributed by atoms with Gasteiger partial charge in [0.25, 0.3) is 0 Å². The molecule has 0 aliphatic carbocycles.